The maximum Gasteiger partial charge on any atom is 0.261 e. The zero-order valence-corrected chi connectivity index (χ0v) is 21.2. The van der Waals surface area contributed by atoms with Crippen molar-refractivity contribution >= 4 is 35.0 Å². The zero-order valence-electron chi connectivity index (χ0n) is 19.7. The number of carbonyl (C=O) groups excluding carboxylic acids is 2. The molecular formula is C23H26Cl2N8O3. The molecule has 1 saturated heterocycles. The molecule has 1 atom stereocenters. The fourth-order valence-corrected chi connectivity index (χ4v) is 4.24. The topological polar surface area (TPSA) is 129 Å². The highest BCUT2D eigenvalue weighted by Crippen LogP contribution is 2.26. The molecule has 0 radical (unpaired) electrons. The first-order chi connectivity index (χ1) is 17.4. The van der Waals surface area contributed by atoms with E-state index in [0.29, 0.717) is 42.5 Å². The molecule has 0 unspecified atom stereocenters. The van der Waals surface area contributed by atoms with Gasteiger partial charge < -0.3 is 15.0 Å². The molecule has 36 heavy (non-hydrogen) atoms. The third-order valence-corrected chi connectivity index (χ3v) is 6.23. The van der Waals surface area contributed by atoms with Gasteiger partial charge in [0, 0.05) is 44.5 Å². The number of pyridine rings is 1. The van der Waals surface area contributed by atoms with E-state index in [1.807, 2.05) is 24.0 Å². The average molecular weight is 533 g/mol. The maximum absolute atomic E-state index is 13.1. The van der Waals surface area contributed by atoms with Crippen molar-refractivity contribution in [2.24, 2.45) is 0 Å². The Balaban J connectivity index is 1.29. The molecule has 0 aliphatic carbocycles. The summed E-state index contributed by atoms with van der Waals surface area (Å²) in [4.78, 5) is 33.8. The highest BCUT2D eigenvalue weighted by molar-refractivity contribution is 6.35. The molecule has 2 amide bonds. The monoisotopic (exact) mass is 532 g/mol. The highest BCUT2D eigenvalue weighted by Gasteiger charge is 2.24. The van der Waals surface area contributed by atoms with Crippen LogP contribution in [0, 0.1) is 0 Å². The fraction of sp³-hybridized carbons (Fsp3) is 0.391. The van der Waals surface area contributed by atoms with Crippen molar-refractivity contribution in [3.05, 3.63) is 63.5 Å². The zero-order chi connectivity index (χ0) is 25.5. The van der Waals surface area contributed by atoms with Crippen LogP contribution in [0.4, 0.5) is 0 Å². The normalized spacial score (nSPS) is 14.9. The Morgan fingerprint density at radius 3 is 2.69 bits per heavy atom. The first-order valence-corrected chi connectivity index (χ1v) is 12.3. The molecule has 13 heteroatoms. The number of H-pyrrole nitrogens is 1. The number of ether oxygens (including phenoxy) is 1. The average Bonchev–Trinajstić information content (AvgIpc) is 3.40. The molecule has 2 N–H and O–H groups in total. The van der Waals surface area contributed by atoms with Crippen LogP contribution in [0.1, 0.15) is 35.1 Å². The quantitative estimate of drug-likeness (QED) is 0.429. The summed E-state index contributed by atoms with van der Waals surface area (Å²) in [5, 5.41) is 17.3. The molecule has 0 bridgehead atoms. The minimum Gasteiger partial charge on any atom is -0.463 e. The van der Waals surface area contributed by atoms with Crippen LogP contribution < -0.4 is 10.1 Å². The first kappa shape index (κ1) is 25.8. The summed E-state index contributed by atoms with van der Waals surface area (Å²) in [6.45, 7) is 5.37. The third kappa shape index (κ3) is 6.68. The number of nitrogens with one attached hydrogen (secondary N) is 2. The summed E-state index contributed by atoms with van der Waals surface area (Å²) in [6, 6.07) is 8.76. The van der Waals surface area contributed by atoms with Gasteiger partial charge in [0.05, 0.1) is 11.6 Å². The van der Waals surface area contributed by atoms with Crippen LogP contribution in [0.15, 0.2) is 36.5 Å². The number of hydrogen-bond donors (Lipinski definition) is 2. The molecule has 0 saturated carbocycles. The predicted molar refractivity (Wildman–Crippen MR) is 133 cm³/mol. The molecule has 4 rings (SSSR count). The number of amides is 2. The molecular weight excluding hydrogens is 507 g/mol. The van der Waals surface area contributed by atoms with Gasteiger partial charge in [0.15, 0.2) is 11.9 Å². The number of halogens is 2. The molecule has 190 valence electrons. The van der Waals surface area contributed by atoms with Gasteiger partial charge in [0.2, 0.25) is 5.88 Å². The van der Waals surface area contributed by atoms with E-state index in [1.165, 1.54) is 12.3 Å². The Bertz CT molecular complexity index is 1190. The van der Waals surface area contributed by atoms with Crippen LogP contribution in [-0.4, -0.2) is 79.5 Å². The maximum atomic E-state index is 13.1. The number of carbonyl (C=O) groups is 2. The van der Waals surface area contributed by atoms with Gasteiger partial charge >= 0.3 is 0 Å². The summed E-state index contributed by atoms with van der Waals surface area (Å²) >= 11 is 12.0. The van der Waals surface area contributed by atoms with Gasteiger partial charge in [0.1, 0.15) is 5.02 Å². The summed E-state index contributed by atoms with van der Waals surface area (Å²) < 4.78 is 5.69. The van der Waals surface area contributed by atoms with E-state index < -0.39 is 6.10 Å². The Hall–Kier alpha value is -3.28. The SMILES string of the molecule is CC[C@@H](Oc1ncc(Cl)cc1Cl)C(=O)NCc1cccc(C(=O)N2CCN(Cc3nnn[nH]3)CC2)c1. The van der Waals surface area contributed by atoms with Crippen LogP contribution in [0.25, 0.3) is 0 Å². The summed E-state index contributed by atoms with van der Waals surface area (Å²) in [6.07, 6.45) is 1.05. The lowest BCUT2D eigenvalue weighted by molar-refractivity contribution is -0.128. The second-order valence-electron chi connectivity index (χ2n) is 8.29. The predicted octanol–water partition coefficient (Wildman–Crippen LogP) is 2.33. The smallest absolute Gasteiger partial charge is 0.261 e. The Morgan fingerprint density at radius 1 is 1.19 bits per heavy atom. The minimum atomic E-state index is -0.773. The van der Waals surface area contributed by atoms with Crippen molar-refractivity contribution in [3.8, 4) is 5.88 Å². The number of aromatic amines is 1. The Kier molecular flexibility index (Phi) is 8.68. The molecule has 11 nitrogen and oxygen atoms in total. The van der Waals surface area contributed by atoms with Crippen molar-refractivity contribution in [1.82, 2.24) is 40.7 Å². The van der Waals surface area contributed by atoms with E-state index in [-0.39, 0.29) is 29.3 Å². The molecule has 1 fully saturated rings. The summed E-state index contributed by atoms with van der Waals surface area (Å²) in [5.74, 6) is 0.503. The number of rotatable bonds is 9. The Labute approximate surface area is 218 Å². The number of tetrazole rings is 1. The van der Waals surface area contributed by atoms with Crippen molar-refractivity contribution < 1.29 is 14.3 Å². The van der Waals surface area contributed by atoms with Crippen LogP contribution in [0.2, 0.25) is 10.0 Å². The van der Waals surface area contributed by atoms with Crippen molar-refractivity contribution in [1.29, 1.82) is 0 Å². The number of hydrogen-bond acceptors (Lipinski definition) is 8. The van der Waals surface area contributed by atoms with Crippen LogP contribution in [0.3, 0.4) is 0 Å². The van der Waals surface area contributed by atoms with Gasteiger partial charge in [-0.1, -0.05) is 42.3 Å². The second kappa shape index (κ2) is 12.1. The summed E-state index contributed by atoms with van der Waals surface area (Å²) in [5.41, 5.74) is 1.39. The van der Waals surface area contributed by atoms with Gasteiger partial charge in [-0.25, -0.2) is 10.1 Å². The molecule has 0 spiro atoms. The minimum absolute atomic E-state index is 0.0395. The Morgan fingerprint density at radius 2 is 2.00 bits per heavy atom. The van der Waals surface area contributed by atoms with Crippen molar-refractivity contribution in [2.45, 2.75) is 32.5 Å². The van der Waals surface area contributed by atoms with E-state index in [9.17, 15) is 9.59 Å². The number of piperazine rings is 1. The van der Waals surface area contributed by atoms with Gasteiger partial charge in [-0.2, -0.15) is 0 Å². The van der Waals surface area contributed by atoms with Crippen molar-refractivity contribution in [3.63, 3.8) is 0 Å². The van der Waals surface area contributed by atoms with E-state index in [2.05, 4.69) is 35.8 Å². The first-order valence-electron chi connectivity index (χ1n) is 11.5. The molecule has 1 aromatic carbocycles. The van der Waals surface area contributed by atoms with E-state index in [1.54, 1.807) is 12.1 Å². The fourth-order valence-electron chi connectivity index (χ4n) is 3.81. The lowest BCUT2D eigenvalue weighted by atomic mass is 10.1. The van der Waals surface area contributed by atoms with E-state index in [0.717, 1.165) is 18.7 Å². The standard InChI is InChI=1S/C23H26Cl2N8O3/c1-2-19(36-22-18(25)11-17(24)13-27-22)21(34)26-12-15-4-3-5-16(10-15)23(35)33-8-6-32(7-9-33)14-20-28-30-31-29-20/h3-5,10-11,13,19H,2,6-9,12,14H2,1H3,(H,26,34)(H,28,29,30,31)/t19-/m1/s1. The number of nitrogens with zero attached hydrogens (tertiary/aromatic N) is 6. The van der Waals surface area contributed by atoms with Crippen molar-refractivity contribution in [2.75, 3.05) is 26.2 Å². The lowest BCUT2D eigenvalue weighted by Crippen LogP contribution is -2.48. The highest BCUT2D eigenvalue weighted by atomic mass is 35.5. The lowest BCUT2D eigenvalue weighted by Gasteiger charge is -2.34. The second-order valence-corrected chi connectivity index (χ2v) is 9.13. The van der Waals surface area contributed by atoms with Gasteiger partial charge in [-0.15, -0.1) is 5.10 Å². The van der Waals surface area contributed by atoms with Crippen LogP contribution in [-0.2, 0) is 17.9 Å². The van der Waals surface area contributed by atoms with E-state index in [4.69, 9.17) is 27.9 Å². The number of benzene rings is 1. The number of aromatic nitrogens is 5. The molecule has 1 aliphatic rings. The summed E-state index contributed by atoms with van der Waals surface area (Å²) in [7, 11) is 0. The third-order valence-electron chi connectivity index (χ3n) is 5.75. The van der Waals surface area contributed by atoms with Crippen LogP contribution >= 0.6 is 23.2 Å². The molecule has 2 aromatic heterocycles. The molecule has 3 heterocycles. The molecule has 1 aliphatic heterocycles. The molecule has 3 aromatic rings. The van der Waals surface area contributed by atoms with Crippen LogP contribution in [0.5, 0.6) is 5.88 Å². The van der Waals surface area contributed by atoms with Gasteiger partial charge in [-0.05, 0) is 40.6 Å². The van der Waals surface area contributed by atoms with Gasteiger partial charge in [-0.3, -0.25) is 14.5 Å². The largest absolute Gasteiger partial charge is 0.463 e. The van der Waals surface area contributed by atoms with Gasteiger partial charge in [0.25, 0.3) is 11.8 Å². The van der Waals surface area contributed by atoms with E-state index >= 15 is 0 Å².